The molecule has 0 bridgehead atoms. The molecule has 0 saturated carbocycles. The number of pyridine rings is 1. The predicted molar refractivity (Wildman–Crippen MR) is 95.5 cm³/mol. The molecule has 1 N–H and O–H groups in total. The molecule has 7 heteroatoms. The number of aromatic nitrogens is 4. The molecule has 4 aromatic rings. The molecule has 0 aliphatic carbocycles. The minimum absolute atomic E-state index is 0.248. The third-order valence-corrected chi connectivity index (χ3v) is 4.18. The van der Waals surface area contributed by atoms with Crippen molar-refractivity contribution in [3.05, 3.63) is 77.7 Å². The highest BCUT2D eigenvalue weighted by atomic mass is 16.5. The molecule has 0 radical (unpaired) electrons. The summed E-state index contributed by atoms with van der Waals surface area (Å²) in [5.41, 5.74) is 4.02. The van der Waals surface area contributed by atoms with E-state index in [9.17, 15) is 4.79 Å². The van der Waals surface area contributed by atoms with Gasteiger partial charge >= 0.3 is 0 Å². The largest absolute Gasteiger partial charge is 0.359 e. The van der Waals surface area contributed by atoms with Gasteiger partial charge in [-0.2, -0.15) is 0 Å². The maximum atomic E-state index is 12.3. The lowest BCUT2D eigenvalue weighted by atomic mass is 10.2. The van der Waals surface area contributed by atoms with Gasteiger partial charge in [-0.3, -0.25) is 9.78 Å². The standard InChI is InChI=1S/C19H17N5O2/c1-13-5-4-8-20-17(13)10-21-19(25)16-9-14(26-23-16)11-24-12-22-15-6-2-3-7-18(15)24/h2-9,12H,10-11H2,1H3,(H,21,25). The number of carbonyl (C=O) groups is 1. The van der Waals surface area contributed by atoms with Crippen LogP contribution in [0.2, 0.25) is 0 Å². The molecule has 1 amide bonds. The van der Waals surface area contributed by atoms with Crippen molar-refractivity contribution in [1.29, 1.82) is 0 Å². The minimum Gasteiger partial charge on any atom is -0.359 e. The summed E-state index contributed by atoms with van der Waals surface area (Å²) in [6.45, 7) is 2.76. The van der Waals surface area contributed by atoms with Crippen LogP contribution in [-0.2, 0) is 13.1 Å². The fourth-order valence-electron chi connectivity index (χ4n) is 2.76. The summed E-state index contributed by atoms with van der Waals surface area (Å²) in [6, 6.07) is 13.3. The van der Waals surface area contributed by atoms with E-state index in [1.807, 2.05) is 47.9 Å². The van der Waals surface area contributed by atoms with Crippen LogP contribution in [0.3, 0.4) is 0 Å². The lowest BCUT2D eigenvalue weighted by Crippen LogP contribution is -2.24. The van der Waals surface area contributed by atoms with Gasteiger partial charge in [-0.1, -0.05) is 23.4 Å². The molecule has 3 heterocycles. The summed E-state index contributed by atoms with van der Waals surface area (Å²) >= 11 is 0. The Bertz CT molecular complexity index is 1070. The smallest absolute Gasteiger partial charge is 0.273 e. The van der Waals surface area contributed by atoms with Gasteiger partial charge in [0.25, 0.3) is 5.91 Å². The first-order valence-electron chi connectivity index (χ1n) is 8.25. The summed E-state index contributed by atoms with van der Waals surface area (Å²) in [5, 5.41) is 6.69. The minimum atomic E-state index is -0.291. The second-order valence-corrected chi connectivity index (χ2v) is 5.99. The van der Waals surface area contributed by atoms with Gasteiger partial charge in [0.2, 0.25) is 0 Å². The Kier molecular flexibility index (Phi) is 4.18. The number of nitrogens with one attached hydrogen (secondary N) is 1. The van der Waals surface area contributed by atoms with Gasteiger partial charge in [0.15, 0.2) is 11.5 Å². The van der Waals surface area contributed by atoms with Crippen LogP contribution in [0.1, 0.15) is 27.5 Å². The van der Waals surface area contributed by atoms with Crippen molar-refractivity contribution in [3.8, 4) is 0 Å². The number of hydrogen-bond donors (Lipinski definition) is 1. The molecule has 130 valence electrons. The Morgan fingerprint density at radius 2 is 2.08 bits per heavy atom. The van der Waals surface area contributed by atoms with Gasteiger partial charge in [-0.15, -0.1) is 0 Å². The molecular formula is C19H17N5O2. The molecular weight excluding hydrogens is 330 g/mol. The first-order valence-corrected chi connectivity index (χ1v) is 8.25. The van der Waals surface area contributed by atoms with E-state index in [0.29, 0.717) is 18.8 Å². The molecule has 0 atom stereocenters. The zero-order valence-electron chi connectivity index (χ0n) is 14.2. The SMILES string of the molecule is Cc1cccnc1CNC(=O)c1cc(Cn2cnc3ccccc32)on1. The number of aryl methyl sites for hydroxylation is 1. The zero-order valence-corrected chi connectivity index (χ0v) is 14.2. The van der Waals surface area contributed by atoms with Crippen LogP contribution in [0.4, 0.5) is 0 Å². The van der Waals surface area contributed by atoms with Gasteiger partial charge in [0.1, 0.15) is 0 Å². The van der Waals surface area contributed by atoms with Crippen LogP contribution < -0.4 is 5.32 Å². The number of hydrogen-bond acceptors (Lipinski definition) is 5. The zero-order chi connectivity index (χ0) is 17.9. The lowest BCUT2D eigenvalue weighted by molar-refractivity contribution is 0.0941. The molecule has 0 fully saturated rings. The molecule has 1 aromatic carbocycles. The average Bonchev–Trinajstić information content (AvgIpc) is 3.29. The van der Waals surface area contributed by atoms with Crippen molar-refractivity contribution in [3.63, 3.8) is 0 Å². The quantitative estimate of drug-likeness (QED) is 0.600. The number of rotatable bonds is 5. The van der Waals surface area contributed by atoms with Crippen LogP contribution in [0.5, 0.6) is 0 Å². The highest BCUT2D eigenvalue weighted by Crippen LogP contribution is 2.14. The van der Waals surface area contributed by atoms with Crippen molar-refractivity contribution in [2.24, 2.45) is 0 Å². The van der Waals surface area contributed by atoms with Crippen LogP contribution in [0, 0.1) is 6.92 Å². The van der Waals surface area contributed by atoms with E-state index in [1.165, 1.54) is 0 Å². The van der Waals surface area contributed by atoms with Crippen molar-refractivity contribution in [1.82, 2.24) is 25.0 Å². The molecule has 0 unspecified atom stereocenters. The number of benzene rings is 1. The van der Waals surface area contributed by atoms with E-state index < -0.39 is 0 Å². The predicted octanol–water partition coefficient (Wildman–Crippen LogP) is 2.71. The van der Waals surface area contributed by atoms with Crippen LogP contribution in [0.15, 0.2) is 59.5 Å². The summed E-state index contributed by atoms with van der Waals surface area (Å²) in [4.78, 5) is 20.9. The van der Waals surface area contributed by atoms with E-state index >= 15 is 0 Å². The maximum absolute atomic E-state index is 12.3. The molecule has 0 spiro atoms. The van der Waals surface area contributed by atoms with Crippen molar-refractivity contribution < 1.29 is 9.32 Å². The Hall–Kier alpha value is -3.48. The third kappa shape index (κ3) is 3.19. The van der Waals surface area contributed by atoms with E-state index in [-0.39, 0.29) is 11.6 Å². The Morgan fingerprint density at radius 3 is 2.96 bits per heavy atom. The summed E-state index contributed by atoms with van der Waals surface area (Å²) in [5.74, 6) is 0.299. The summed E-state index contributed by atoms with van der Waals surface area (Å²) in [7, 11) is 0. The molecule has 4 rings (SSSR count). The van der Waals surface area contributed by atoms with Crippen molar-refractivity contribution in [2.75, 3.05) is 0 Å². The van der Waals surface area contributed by atoms with Crippen LogP contribution in [-0.4, -0.2) is 25.6 Å². The van der Waals surface area contributed by atoms with E-state index in [4.69, 9.17) is 4.52 Å². The number of amides is 1. The molecule has 3 aromatic heterocycles. The van der Waals surface area contributed by atoms with Gasteiger partial charge in [0.05, 0.1) is 36.1 Å². The normalized spacial score (nSPS) is 11.0. The van der Waals surface area contributed by atoms with Crippen molar-refractivity contribution >= 4 is 16.9 Å². The first-order chi connectivity index (χ1) is 12.7. The number of nitrogens with zero attached hydrogens (tertiary/aromatic N) is 4. The average molecular weight is 347 g/mol. The van der Waals surface area contributed by atoms with Gasteiger partial charge in [0, 0.05) is 12.3 Å². The Morgan fingerprint density at radius 1 is 1.19 bits per heavy atom. The topological polar surface area (TPSA) is 85.8 Å². The first kappa shape index (κ1) is 16.0. The van der Waals surface area contributed by atoms with Gasteiger partial charge in [-0.25, -0.2) is 4.98 Å². The Labute approximate surface area is 149 Å². The van der Waals surface area contributed by atoms with Gasteiger partial charge in [-0.05, 0) is 30.7 Å². The Balaban J connectivity index is 1.44. The van der Waals surface area contributed by atoms with E-state index in [0.717, 1.165) is 22.3 Å². The lowest BCUT2D eigenvalue weighted by Gasteiger charge is -2.04. The molecule has 0 aliphatic heterocycles. The van der Waals surface area contributed by atoms with Crippen LogP contribution in [0.25, 0.3) is 11.0 Å². The number of fused-ring (bicyclic) bond motifs is 1. The van der Waals surface area contributed by atoms with E-state index in [2.05, 4.69) is 20.4 Å². The monoisotopic (exact) mass is 347 g/mol. The maximum Gasteiger partial charge on any atom is 0.273 e. The fraction of sp³-hybridized carbons (Fsp3) is 0.158. The fourth-order valence-corrected chi connectivity index (χ4v) is 2.76. The highest BCUT2D eigenvalue weighted by Gasteiger charge is 2.14. The molecule has 7 nitrogen and oxygen atoms in total. The third-order valence-electron chi connectivity index (χ3n) is 4.18. The summed E-state index contributed by atoms with van der Waals surface area (Å²) in [6.07, 6.45) is 3.45. The van der Waals surface area contributed by atoms with E-state index in [1.54, 1.807) is 18.6 Å². The number of para-hydroxylation sites is 2. The molecule has 0 saturated heterocycles. The summed E-state index contributed by atoms with van der Waals surface area (Å²) < 4.78 is 7.26. The highest BCUT2D eigenvalue weighted by molar-refractivity contribution is 5.92. The van der Waals surface area contributed by atoms with Crippen LogP contribution >= 0.6 is 0 Å². The second kappa shape index (κ2) is 6.79. The number of carbonyl (C=O) groups excluding carboxylic acids is 1. The second-order valence-electron chi connectivity index (χ2n) is 5.99. The number of imidazole rings is 1. The van der Waals surface area contributed by atoms with Crippen molar-refractivity contribution in [2.45, 2.75) is 20.0 Å². The van der Waals surface area contributed by atoms with Gasteiger partial charge < -0.3 is 14.4 Å². The molecule has 26 heavy (non-hydrogen) atoms. The molecule has 0 aliphatic rings.